The van der Waals surface area contributed by atoms with Gasteiger partial charge in [0.2, 0.25) is 5.91 Å². The number of carbonyl (C=O) groups is 2. The molecular formula is C18H27N2O3PS. The number of carbonyl (C=O) groups excluding carboxylic acids is 2. The first-order valence-electron chi connectivity index (χ1n) is 8.43. The lowest BCUT2D eigenvalue weighted by molar-refractivity contribution is -0.140. The number of aromatic nitrogens is 1. The Morgan fingerprint density at radius 1 is 1.44 bits per heavy atom. The molecule has 7 heteroatoms. The molecule has 1 amide bonds. The van der Waals surface area contributed by atoms with E-state index < -0.39 is 0 Å². The number of aromatic amines is 1. The van der Waals surface area contributed by atoms with Crippen LogP contribution in [0.5, 0.6) is 0 Å². The molecule has 1 aliphatic heterocycles. The molecule has 1 aromatic heterocycles. The highest BCUT2D eigenvalue weighted by molar-refractivity contribution is 8.44. The Balaban J connectivity index is 2.31. The minimum absolute atomic E-state index is 0.0375. The van der Waals surface area contributed by atoms with E-state index in [1.54, 1.807) is 11.4 Å². The number of allylic oxidation sites excluding steroid dienone is 1. The van der Waals surface area contributed by atoms with E-state index in [2.05, 4.69) is 25.7 Å². The number of hydrogen-bond acceptors (Lipinski definition) is 4. The lowest BCUT2D eigenvalue weighted by Gasteiger charge is -2.20. The van der Waals surface area contributed by atoms with E-state index >= 15 is 0 Å². The lowest BCUT2D eigenvalue weighted by Crippen LogP contribution is -2.20. The maximum Gasteiger partial charge on any atom is 0.305 e. The summed E-state index contributed by atoms with van der Waals surface area (Å²) in [6.45, 7) is 8.18. The van der Waals surface area contributed by atoms with Gasteiger partial charge in [0.15, 0.2) is 0 Å². The van der Waals surface area contributed by atoms with E-state index in [0.29, 0.717) is 18.1 Å². The maximum atomic E-state index is 12.1. The molecule has 1 aromatic rings. The quantitative estimate of drug-likeness (QED) is 0.585. The highest BCUT2D eigenvalue weighted by Crippen LogP contribution is 2.38. The van der Waals surface area contributed by atoms with Gasteiger partial charge in [-0.15, -0.1) is 11.4 Å². The zero-order valence-electron chi connectivity index (χ0n) is 15.4. The van der Waals surface area contributed by atoms with Gasteiger partial charge in [-0.05, 0) is 37.5 Å². The maximum absolute atomic E-state index is 12.1. The summed E-state index contributed by atoms with van der Waals surface area (Å²) in [5.74, 6) is -0.00173. The minimum atomic E-state index is -0.205. The molecule has 0 aromatic carbocycles. The molecule has 5 nitrogen and oxygen atoms in total. The first kappa shape index (κ1) is 20.1. The second-order valence-electron chi connectivity index (χ2n) is 6.59. The molecule has 4 atom stereocenters. The van der Waals surface area contributed by atoms with Gasteiger partial charge in [-0.25, -0.2) is 0 Å². The van der Waals surface area contributed by atoms with E-state index in [1.807, 2.05) is 26.8 Å². The molecule has 1 saturated heterocycles. The second-order valence-corrected chi connectivity index (χ2v) is 8.42. The Labute approximate surface area is 155 Å². The summed E-state index contributed by atoms with van der Waals surface area (Å²) >= 11 is 1.69. The number of rotatable bonds is 6. The third-order valence-electron chi connectivity index (χ3n) is 5.04. The summed E-state index contributed by atoms with van der Waals surface area (Å²) in [5.41, 5.74) is 5.26. The van der Waals surface area contributed by atoms with Crippen LogP contribution in [-0.4, -0.2) is 29.2 Å². The van der Waals surface area contributed by atoms with Crippen molar-refractivity contribution in [2.45, 2.75) is 45.8 Å². The summed E-state index contributed by atoms with van der Waals surface area (Å²) in [6.07, 6.45) is 3.06. The van der Waals surface area contributed by atoms with Gasteiger partial charge < -0.3 is 15.0 Å². The molecule has 0 saturated carbocycles. The molecule has 0 radical (unpaired) electrons. The molecule has 138 valence electrons. The van der Waals surface area contributed by atoms with Crippen LogP contribution in [0.25, 0.3) is 6.08 Å². The molecule has 1 aliphatic rings. The first-order chi connectivity index (χ1) is 11.8. The summed E-state index contributed by atoms with van der Waals surface area (Å²) < 4.78 is 4.73. The van der Waals surface area contributed by atoms with Crippen LogP contribution in [0, 0.1) is 25.7 Å². The summed E-state index contributed by atoms with van der Waals surface area (Å²) in [7, 11) is 4.10. The van der Waals surface area contributed by atoms with Gasteiger partial charge in [0, 0.05) is 40.6 Å². The van der Waals surface area contributed by atoms with E-state index in [4.69, 9.17) is 4.74 Å². The van der Waals surface area contributed by atoms with Gasteiger partial charge in [-0.2, -0.15) is 0 Å². The predicted octanol–water partition coefficient (Wildman–Crippen LogP) is 3.37. The SMILES string of the molecule is COC(=O)CCc1c(C)[nH]c(/C=C2\NC(=O)[C@H](C)C2C(C)SP)c1C. The molecule has 2 N–H and O–H groups in total. The van der Waals surface area contributed by atoms with Crippen molar-refractivity contribution in [3.8, 4) is 0 Å². The number of nitrogens with one attached hydrogen (secondary N) is 2. The van der Waals surface area contributed by atoms with Crippen LogP contribution in [0.3, 0.4) is 0 Å². The summed E-state index contributed by atoms with van der Waals surface area (Å²) in [5, 5.41) is 3.36. The van der Waals surface area contributed by atoms with Gasteiger partial charge in [0.1, 0.15) is 0 Å². The van der Waals surface area contributed by atoms with Crippen molar-refractivity contribution in [2.24, 2.45) is 11.8 Å². The number of methoxy groups -OCH3 is 1. The van der Waals surface area contributed by atoms with Crippen LogP contribution in [0.1, 0.15) is 42.8 Å². The number of ether oxygens (including phenoxy) is 1. The fraction of sp³-hybridized carbons (Fsp3) is 0.556. The molecule has 2 rings (SSSR count). The van der Waals surface area contributed by atoms with Gasteiger partial charge in [0.25, 0.3) is 0 Å². The van der Waals surface area contributed by atoms with Crippen LogP contribution >= 0.6 is 19.8 Å². The Bertz CT molecular complexity index is 699. The van der Waals surface area contributed by atoms with Crippen molar-refractivity contribution in [3.05, 3.63) is 28.2 Å². The van der Waals surface area contributed by atoms with Gasteiger partial charge >= 0.3 is 5.97 Å². The standard InChI is InChI=1S/C18H27N2O3PS/c1-9-13(6-7-16(21)23-5)11(3)19-14(9)8-15-17(12(4)25-24)10(2)18(22)20-15/h8,10,12,17,19H,6-7,24H2,1-5H3,(H,20,22)/b15-8-/t10-,12?,17?/m1/s1. The van der Waals surface area contributed by atoms with Crippen LogP contribution in [0.15, 0.2) is 5.70 Å². The molecule has 3 unspecified atom stereocenters. The number of H-pyrrole nitrogens is 1. The van der Waals surface area contributed by atoms with Crippen LogP contribution in [-0.2, 0) is 20.7 Å². The fourth-order valence-electron chi connectivity index (χ4n) is 3.47. The average Bonchev–Trinajstić information content (AvgIpc) is 3.01. The normalized spacial score (nSPS) is 23.0. The third-order valence-corrected chi connectivity index (χ3v) is 7.05. The van der Waals surface area contributed by atoms with Crippen molar-refractivity contribution in [1.29, 1.82) is 0 Å². The molecule has 0 bridgehead atoms. The molecule has 0 spiro atoms. The Morgan fingerprint density at radius 3 is 2.72 bits per heavy atom. The number of hydrogen-bond donors (Lipinski definition) is 2. The highest BCUT2D eigenvalue weighted by Gasteiger charge is 2.38. The number of amides is 1. The zero-order valence-corrected chi connectivity index (χ0v) is 17.4. The van der Waals surface area contributed by atoms with Crippen molar-refractivity contribution < 1.29 is 14.3 Å². The minimum Gasteiger partial charge on any atom is -0.469 e. The second kappa shape index (κ2) is 8.41. The molecule has 0 aliphatic carbocycles. The molecule has 1 fully saturated rings. The fourth-order valence-corrected chi connectivity index (χ4v) is 4.53. The van der Waals surface area contributed by atoms with Gasteiger partial charge in [-0.3, -0.25) is 9.59 Å². The van der Waals surface area contributed by atoms with E-state index in [-0.39, 0.29) is 23.7 Å². The molecule has 25 heavy (non-hydrogen) atoms. The average molecular weight is 382 g/mol. The zero-order chi connectivity index (χ0) is 18.7. The lowest BCUT2D eigenvalue weighted by atomic mass is 9.91. The van der Waals surface area contributed by atoms with Crippen LogP contribution in [0.2, 0.25) is 0 Å². The van der Waals surface area contributed by atoms with Crippen molar-refractivity contribution in [2.75, 3.05) is 7.11 Å². The number of aryl methyl sites for hydroxylation is 1. The van der Waals surface area contributed by atoms with Crippen molar-refractivity contribution in [3.63, 3.8) is 0 Å². The third kappa shape index (κ3) is 4.29. The van der Waals surface area contributed by atoms with E-state index in [9.17, 15) is 9.59 Å². The predicted molar refractivity (Wildman–Crippen MR) is 106 cm³/mol. The summed E-state index contributed by atoms with van der Waals surface area (Å²) in [4.78, 5) is 27.0. The highest BCUT2D eigenvalue weighted by atomic mass is 32.7. The smallest absolute Gasteiger partial charge is 0.305 e. The molecule has 2 heterocycles. The van der Waals surface area contributed by atoms with E-state index in [0.717, 1.165) is 28.2 Å². The van der Waals surface area contributed by atoms with Crippen LogP contribution in [0.4, 0.5) is 0 Å². The summed E-state index contributed by atoms with van der Waals surface area (Å²) in [6, 6.07) is 0. The van der Waals surface area contributed by atoms with Gasteiger partial charge in [-0.1, -0.05) is 22.3 Å². The number of esters is 1. The van der Waals surface area contributed by atoms with Crippen molar-refractivity contribution >= 4 is 37.8 Å². The largest absolute Gasteiger partial charge is 0.469 e. The van der Waals surface area contributed by atoms with Crippen LogP contribution < -0.4 is 5.32 Å². The first-order valence-corrected chi connectivity index (χ1v) is 10.8. The van der Waals surface area contributed by atoms with Gasteiger partial charge in [0.05, 0.1) is 7.11 Å². The molecular weight excluding hydrogens is 355 g/mol. The van der Waals surface area contributed by atoms with Crippen molar-refractivity contribution in [1.82, 2.24) is 10.3 Å². The Hall–Kier alpha value is -1.26. The topological polar surface area (TPSA) is 71.2 Å². The Morgan fingerprint density at radius 2 is 2.12 bits per heavy atom. The van der Waals surface area contributed by atoms with E-state index in [1.165, 1.54) is 7.11 Å². The Kier molecular flexibility index (Phi) is 6.75. The monoisotopic (exact) mass is 382 g/mol.